The fourth-order valence-corrected chi connectivity index (χ4v) is 3.38. The lowest BCUT2D eigenvalue weighted by molar-refractivity contribution is -0.138. The van der Waals surface area contributed by atoms with Crippen molar-refractivity contribution in [1.82, 2.24) is 15.6 Å². The average molecular weight is 394 g/mol. The Balaban J connectivity index is 1.62. The average Bonchev–Trinajstić information content (AvgIpc) is 2.74. The minimum atomic E-state index is -0.792. The number of hydrogen-bond donors (Lipinski definition) is 3. The molecular formula is C21H22N4O4. The van der Waals surface area contributed by atoms with Crippen LogP contribution in [0.4, 0.5) is 5.69 Å². The molecule has 2 aromatic rings. The summed E-state index contributed by atoms with van der Waals surface area (Å²) in [5, 5.41) is 7.44. The van der Waals surface area contributed by atoms with Gasteiger partial charge in [0.1, 0.15) is 0 Å². The third kappa shape index (κ3) is 4.48. The van der Waals surface area contributed by atoms with Crippen molar-refractivity contribution in [1.29, 1.82) is 0 Å². The van der Waals surface area contributed by atoms with Crippen molar-refractivity contribution in [2.45, 2.75) is 38.1 Å². The van der Waals surface area contributed by atoms with Gasteiger partial charge in [0, 0.05) is 18.3 Å². The lowest BCUT2D eigenvalue weighted by Crippen LogP contribution is -2.51. The highest BCUT2D eigenvalue weighted by Gasteiger charge is 2.42. The zero-order valence-corrected chi connectivity index (χ0v) is 16.0. The Labute approximate surface area is 168 Å². The van der Waals surface area contributed by atoms with E-state index in [0.717, 1.165) is 5.56 Å². The molecule has 0 saturated carbocycles. The van der Waals surface area contributed by atoms with Crippen LogP contribution in [-0.2, 0) is 31.1 Å². The minimum Gasteiger partial charge on any atom is -0.342 e. The fraction of sp³-hybridized carbons (Fsp3) is 0.286. The molecule has 1 saturated heterocycles. The first-order chi connectivity index (χ1) is 13.9. The van der Waals surface area contributed by atoms with E-state index in [1.165, 1.54) is 0 Å². The van der Waals surface area contributed by atoms with Gasteiger partial charge < -0.3 is 10.6 Å². The molecule has 3 N–H and O–H groups in total. The zero-order valence-electron chi connectivity index (χ0n) is 16.0. The topological polar surface area (TPSA) is 117 Å². The number of nitrogens with zero attached hydrogens (tertiary/aromatic N) is 1. The van der Waals surface area contributed by atoms with Gasteiger partial charge in [-0.2, -0.15) is 0 Å². The Morgan fingerprint density at radius 1 is 1.10 bits per heavy atom. The van der Waals surface area contributed by atoms with Crippen LogP contribution >= 0.6 is 0 Å². The zero-order chi connectivity index (χ0) is 20.9. The highest BCUT2D eigenvalue weighted by Crippen LogP contribution is 2.36. The van der Waals surface area contributed by atoms with Crippen molar-refractivity contribution in [3.8, 4) is 0 Å². The van der Waals surface area contributed by atoms with E-state index in [1.54, 1.807) is 48.7 Å². The number of amides is 4. The van der Waals surface area contributed by atoms with E-state index in [0.29, 0.717) is 24.2 Å². The molecule has 0 radical (unpaired) electrons. The summed E-state index contributed by atoms with van der Waals surface area (Å²) in [4.78, 5) is 52.0. The molecule has 1 aromatic heterocycles. The quantitative estimate of drug-likeness (QED) is 0.524. The van der Waals surface area contributed by atoms with Gasteiger partial charge >= 0.3 is 11.8 Å². The van der Waals surface area contributed by atoms with Crippen LogP contribution in [0.5, 0.6) is 0 Å². The number of aromatic nitrogens is 1. The summed E-state index contributed by atoms with van der Waals surface area (Å²) in [6, 6.07) is 12.1. The second-order valence-corrected chi connectivity index (χ2v) is 6.85. The van der Waals surface area contributed by atoms with Crippen LogP contribution in [0, 0.1) is 0 Å². The van der Waals surface area contributed by atoms with E-state index >= 15 is 0 Å². The van der Waals surface area contributed by atoms with E-state index in [4.69, 9.17) is 0 Å². The van der Waals surface area contributed by atoms with Crippen LogP contribution in [0.15, 0.2) is 48.7 Å². The van der Waals surface area contributed by atoms with Crippen molar-refractivity contribution in [2.75, 3.05) is 5.32 Å². The number of hydrogen-bond acceptors (Lipinski definition) is 5. The fourth-order valence-electron chi connectivity index (χ4n) is 3.38. The van der Waals surface area contributed by atoms with Crippen molar-refractivity contribution in [2.24, 2.45) is 0 Å². The molecule has 0 unspecified atom stereocenters. The summed E-state index contributed by atoms with van der Waals surface area (Å²) < 4.78 is 0. The SMILES string of the molecule is CC[C@@]1(c2ccc(NC(=O)C(=O)NCc3ccccn3)cc2)CCC(=O)NC1=O. The molecule has 0 aliphatic carbocycles. The lowest BCUT2D eigenvalue weighted by atomic mass is 9.72. The van der Waals surface area contributed by atoms with Gasteiger partial charge in [-0.3, -0.25) is 29.5 Å². The summed E-state index contributed by atoms with van der Waals surface area (Å²) >= 11 is 0. The molecule has 150 valence electrons. The predicted molar refractivity (Wildman–Crippen MR) is 106 cm³/mol. The predicted octanol–water partition coefficient (Wildman–Crippen LogP) is 1.42. The van der Waals surface area contributed by atoms with E-state index in [-0.39, 0.29) is 24.8 Å². The summed E-state index contributed by atoms with van der Waals surface area (Å²) in [6.07, 6.45) is 2.88. The smallest absolute Gasteiger partial charge is 0.313 e. The van der Waals surface area contributed by atoms with Gasteiger partial charge in [-0.1, -0.05) is 25.1 Å². The summed E-state index contributed by atoms with van der Waals surface area (Å²) in [5.74, 6) is -2.13. The second-order valence-electron chi connectivity index (χ2n) is 6.85. The first-order valence-corrected chi connectivity index (χ1v) is 9.38. The number of nitrogens with one attached hydrogen (secondary N) is 3. The number of piperidine rings is 1. The highest BCUT2D eigenvalue weighted by atomic mass is 16.2. The molecule has 29 heavy (non-hydrogen) atoms. The van der Waals surface area contributed by atoms with Gasteiger partial charge in [-0.25, -0.2) is 0 Å². The maximum Gasteiger partial charge on any atom is 0.313 e. The molecule has 3 rings (SSSR count). The minimum absolute atomic E-state index is 0.152. The largest absolute Gasteiger partial charge is 0.342 e. The molecule has 8 heteroatoms. The Hall–Kier alpha value is -3.55. The van der Waals surface area contributed by atoms with E-state index in [9.17, 15) is 19.2 Å². The van der Waals surface area contributed by atoms with Gasteiger partial charge in [0.05, 0.1) is 17.7 Å². The maximum atomic E-state index is 12.4. The van der Waals surface area contributed by atoms with Gasteiger partial charge in [-0.05, 0) is 42.7 Å². The van der Waals surface area contributed by atoms with Crippen LogP contribution < -0.4 is 16.0 Å². The van der Waals surface area contributed by atoms with Crippen LogP contribution in [-0.4, -0.2) is 28.6 Å². The molecular weight excluding hydrogens is 372 g/mol. The number of carbonyl (C=O) groups is 4. The van der Waals surface area contributed by atoms with Crippen LogP contribution in [0.2, 0.25) is 0 Å². The van der Waals surface area contributed by atoms with Crippen molar-refractivity contribution < 1.29 is 19.2 Å². The molecule has 1 aromatic carbocycles. The number of rotatable bonds is 5. The number of pyridine rings is 1. The summed E-state index contributed by atoms with van der Waals surface area (Å²) in [6.45, 7) is 2.05. The molecule has 1 atom stereocenters. The van der Waals surface area contributed by atoms with E-state index < -0.39 is 17.2 Å². The Morgan fingerprint density at radius 2 is 1.86 bits per heavy atom. The van der Waals surface area contributed by atoms with Crippen LogP contribution in [0.25, 0.3) is 0 Å². The van der Waals surface area contributed by atoms with E-state index in [2.05, 4.69) is 20.9 Å². The first-order valence-electron chi connectivity index (χ1n) is 9.38. The maximum absolute atomic E-state index is 12.4. The lowest BCUT2D eigenvalue weighted by Gasteiger charge is -2.35. The van der Waals surface area contributed by atoms with E-state index in [1.807, 2.05) is 6.92 Å². The normalized spacial score (nSPS) is 18.7. The van der Waals surface area contributed by atoms with Gasteiger partial charge in [0.15, 0.2) is 0 Å². The van der Waals surface area contributed by atoms with Gasteiger partial charge in [0.25, 0.3) is 0 Å². The molecule has 8 nitrogen and oxygen atoms in total. The number of anilines is 1. The molecule has 1 aliphatic heterocycles. The van der Waals surface area contributed by atoms with Gasteiger partial charge in [-0.15, -0.1) is 0 Å². The Morgan fingerprint density at radius 3 is 2.48 bits per heavy atom. The molecule has 1 aliphatic rings. The number of benzene rings is 1. The molecule has 2 heterocycles. The van der Waals surface area contributed by atoms with Gasteiger partial charge in [0.2, 0.25) is 11.8 Å². The summed E-state index contributed by atoms with van der Waals surface area (Å²) in [7, 11) is 0. The standard InChI is InChI=1S/C21H22N4O4/c1-2-21(11-10-17(26)25-20(21)29)14-6-8-15(9-7-14)24-19(28)18(27)23-13-16-5-3-4-12-22-16/h3-9,12H,2,10-11,13H2,1H3,(H,23,27)(H,24,28)(H,25,26,29)/t21-/m0/s1. The molecule has 1 fully saturated rings. The third-order valence-corrected chi connectivity index (χ3v) is 5.13. The second kappa shape index (κ2) is 8.64. The number of carbonyl (C=O) groups excluding carboxylic acids is 4. The van der Waals surface area contributed by atoms with Crippen LogP contribution in [0.1, 0.15) is 37.4 Å². The highest BCUT2D eigenvalue weighted by molar-refractivity contribution is 6.39. The molecule has 0 spiro atoms. The Bertz CT molecular complexity index is 927. The summed E-state index contributed by atoms with van der Waals surface area (Å²) in [5.41, 5.74) is 1.08. The third-order valence-electron chi connectivity index (χ3n) is 5.13. The number of imide groups is 1. The van der Waals surface area contributed by atoms with Crippen molar-refractivity contribution >= 4 is 29.3 Å². The monoisotopic (exact) mass is 394 g/mol. The van der Waals surface area contributed by atoms with Crippen molar-refractivity contribution in [3.63, 3.8) is 0 Å². The Kier molecular flexibility index (Phi) is 6.01. The van der Waals surface area contributed by atoms with Crippen LogP contribution in [0.3, 0.4) is 0 Å². The molecule has 0 bridgehead atoms. The first kappa shape index (κ1) is 20.2. The molecule has 4 amide bonds. The van der Waals surface area contributed by atoms with Crippen molar-refractivity contribution in [3.05, 3.63) is 59.9 Å².